The highest BCUT2D eigenvalue weighted by Gasteiger charge is 2.35. The first kappa shape index (κ1) is 21.7. The van der Waals surface area contributed by atoms with Gasteiger partial charge in [0, 0.05) is 27.9 Å². The number of hydrogen-bond donors (Lipinski definition) is 1. The summed E-state index contributed by atoms with van der Waals surface area (Å²) < 4.78 is 2.14. The molecule has 0 amide bonds. The molecule has 5 heteroatoms. The fourth-order valence-corrected chi connectivity index (χ4v) is 5.75. The van der Waals surface area contributed by atoms with Gasteiger partial charge in [-0.05, 0) is 60.6 Å². The molecule has 1 N–H and O–H groups in total. The molecule has 1 heterocycles. The van der Waals surface area contributed by atoms with Gasteiger partial charge in [0.25, 0.3) is 0 Å². The second kappa shape index (κ2) is 7.89. The quantitative estimate of drug-likeness (QED) is 0.573. The maximum absolute atomic E-state index is 11.1. The highest BCUT2D eigenvalue weighted by atomic mass is 32.2. The molecule has 2 aliphatic carbocycles. The summed E-state index contributed by atoms with van der Waals surface area (Å²) in [6.45, 7) is 13.0. The van der Waals surface area contributed by atoms with Gasteiger partial charge in [0.05, 0.1) is 5.69 Å². The van der Waals surface area contributed by atoms with Crippen molar-refractivity contribution in [2.75, 3.05) is 0 Å². The van der Waals surface area contributed by atoms with E-state index in [1.807, 2.05) is 11.9 Å². The van der Waals surface area contributed by atoms with Crippen molar-refractivity contribution in [1.29, 1.82) is 0 Å². The van der Waals surface area contributed by atoms with Crippen molar-refractivity contribution in [3.05, 3.63) is 29.0 Å². The van der Waals surface area contributed by atoms with Gasteiger partial charge in [0.15, 0.2) is 0 Å². The molecule has 4 rings (SSSR count). The lowest BCUT2D eigenvalue weighted by Gasteiger charge is -2.28. The van der Waals surface area contributed by atoms with E-state index < -0.39 is 0 Å². The predicted molar refractivity (Wildman–Crippen MR) is 126 cm³/mol. The molecule has 2 fully saturated rings. The zero-order valence-corrected chi connectivity index (χ0v) is 20.3. The van der Waals surface area contributed by atoms with Crippen LogP contribution >= 0.6 is 11.9 Å². The van der Waals surface area contributed by atoms with Crippen molar-refractivity contribution in [3.8, 4) is 17.0 Å². The summed E-state index contributed by atoms with van der Waals surface area (Å²) in [5.41, 5.74) is 5.08. The molecule has 2 aromatic rings. The number of aromatic nitrogens is 3. The Balaban J connectivity index is 1.80. The minimum absolute atomic E-state index is 0.146. The summed E-state index contributed by atoms with van der Waals surface area (Å²) in [7, 11) is 0. The predicted octanol–water partition coefficient (Wildman–Crippen LogP) is 6.95. The molecule has 2 aliphatic rings. The Morgan fingerprint density at radius 1 is 0.900 bits per heavy atom. The molecule has 2 saturated carbocycles. The van der Waals surface area contributed by atoms with Gasteiger partial charge in [-0.2, -0.15) is 4.09 Å². The maximum Gasteiger partial charge on any atom is 0.123 e. The van der Waals surface area contributed by atoms with Gasteiger partial charge < -0.3 is 5.11 Å². The lowest BCUT2D eigenvalue weighted by Crippen LogP contribution is -2.17. The summed E-state index contributed by atoms with van der Waals surface area (Å²) in [4.78, 5) is 0. The minimum Gasteiger partial charge on any atom is -0.507 e. The highest BCUT2D eigenvalue weighted by molar-refractivity contribution is 7.98. The lowest BCUT2D eigenvalue weighted by molar-refractivity contribution is 0.423. The van der Waals surface area contributed by atoms with Crippen LogP contribution in [-0.2, 0) is 10.8 Å². The van der Waals surface area contributed by atoms with E-state index in [-0.39, 0.29) is 10.8 Å². The van der Waals surface area contributed by atoms with Crippen LogP contribution in [0.2, 0.25) is 0 Å². The molecule has 30 heavy (non-hydrogen) atoms. The Bertz CT molecular complexity index is 874. The van der Waals surface area contributed by atoms with Crippen LogP contribution in [0.1, 0.15) is 109 Å². The van der Waals surface area contributed by atoms with Crippen LogP contribution in [0, 0.1) is 0 Å². The van der Waals surface area contributed by atoms with Gasteiger partial charge >= 0.3 is 0 Å². The summed E-state index contributed by atoms with van der Waals surface area (Å²) in [6, 6.07) is 4.30. The second-order valence-corrected chi connectivity index (χ2v) is 12.5. The van der Waals surface area contributed by atoms with E-state index in [9.17, 15) is 5.11 Å². The second-order valence-electron chi connectivity index (χ2n) is 11.3. The molecular weight excluding hydrogens is 390 g/mol. The topological polar surface area (TPSA) is 50.9 Å². The molecule has 1 aromatic heterocycles. The van der Waals surface area contributed by atoms with Crippen LogP contribution in [-0.4, -0.2) is 24.8 Å². The van der Waals surface area contributed by atoms with Crippen molar-refractivity contribution in [2.45, 2.75) is 108 Å². The molecule has 0 unspecified atom stereocenters. The number of aromatic hydroxyl groups is 1. The summed E-state index contributed by atoms with van der Waals surface area (Å²) in [5.74, 6) is 0.992. The zero-order chi connectivity index (χ0) is 21.7. The first-order valence-corrected chi connectivity index (χ1v) is 12.4. The van der Waals surface area contributed by atoms with E-state index in [4.69, 9.17) is 5.10 Å². The third kappa shape index (κ3) is 4.42. The monoisotopic (exact) mass is 427 g/mol. The van der Waals surface area contributed by atoms with E-state index in [0.29, 0.717) is 16.9 Å². The standard InChI is InChI=1S/C25H37N3OS/c1-24(2,3)19-14-17(15-20(23(19)29)25(4,5)6)21-22(16-12-13-16)28(27-26-21)30-18-10-8-7-9-11-18/h14-16,18,29H,7-13H2,1-6H3. The smallest absolute Gasteiger partial charge is 0.123 e. The molecule has 0 aliphatic heterocycles. The van der Waals surface area contributed by atoms with E-state index in [1.165, 1.54) is 50.6 Å². The molecule has 0 radical (unpaired) electrons. The third-order valence-electron chi connectivity index (χ3n) is 6.44. The van der Waals surface area contributed by atoms with Crippen LogP contribution in [0.15, 0.2) is 12.1 Å². The van der Waals surface area contributed by atoms with Crippen LogP contribution in [0.3, 0.4) is 0 Å². The number of hydrogen-bond acceptors (Lipinski definition) is 4. The molecule has 4 nitrogen and oxygen atoms in total. The minimum atomic E-state index is -0.146. The van der Waals surface area contributed by atoms with Gasteiger partial charge in [0.2, 0.25) is 0 Å². The largest absolute Gasteiger partial charge is 0.507 e. The lowest BCUT2D eigenvalue weighted by atomic mass is 9.78. The summed E-state index contributed by atoms with van der Waals surface area (Å²) in [5, 5.41) is 21.1. The molecule has 0 bridgehead atoms. The normalized spacial score (nSPS) is 18.7. The molecular formula is C25H37N3OS. The van der Waals surface area contributed by atoms with Crippen LogP contribution in [0.4, 0.5) is 0 Å². The Morgan fingerprint density at radius 2 is 1.47 bits per heavy atom. The Kier molecular flexibility index (Phi) is 5.71. The van der Waals surface area contributed by atoms with E-state index in [0.717, 1.165) is 22.4 Å². The fourth-order valence-electron chi connectivity index (χ4n) is 4.49. The summed E-state index contributed by atoms with van der Waals surface area (Å²) >= 11 is 1.89. The van der Waals surface area contributed by atoms with Crippen molar-refractivity contribution < 1.29 is 5.11 Å². The van der Waals surface area contributed by atoms with Crippen molar-refractivity contribution in [2.24, 2.45) is 0 Å². The molecule has 1 aromatic carbocycles. The number of rotatable bonds is 4. The number of nitrogens with zero attached hydrogens (tertiary/aromatic N) is 3. The van der Waals surface area contributed by atoms with Gasteiger partial charge in [-0.1, -0.05) is 66.0 Å². The molecule has 0 saturated heterocycles. The molecule has 0 spiro atoms. The van der Waals surface area contributed by atoms with Crippen LogP contribution < -0.4 is 0 Å². The Hall–Kier alpha value is -1.49. The number of phenolic OH excluding ortho intramolecular Hbond substituents is 1. The van der Waals surface area contributed by atoms with Gasteiger partial charge in [-0.15, -0.1) is 5.10 Å². The van der Waals surface area contributed by atoms with Crippen LogP contribution in [0.25, 0.3) is 11.3 Å². The molecule has 164 valence electrons. The first-order valence-electron chi connectivity index (χ1n) is 11.6. The number of phenols is 1. The fraction of sp³-hybridized carbons (Fsp3) is 0.680. The van der Waals surface area contributed by atoms with Gasteiger partial charge in [0.1, 0.15) is 11.4 Å². The van der Waals surface area contributed by atoms with Crippen molar-refractivity contribution in [1.82, 2.24) is 14.4 Å². The Morgan fingerprint density at radius 3 is 1.97 bits per heavy atom. The van der Waals surface area contributed by atoms with E-state index in [2.05, 4.69) is 63.0 Å². The highest BCUT2D eigenvalue weighted by Crippen LogP contribution is 2.48. The molecule has 0 atom stereocenters. The SMILES string of the molecule is CC(C)(C)c1cc(-c2nnn(SC3CCCCC3)c2C2CC2)cc(C(C)(C)C)c1O. The van der Waals surface area contributed by atoms with E-state index >= 15 is 0 Å². The van der Waals surface area contributed by atoms with Crippen molar-refractivity contribution in [3.63, 3.8) is 0 Å². The van der Waals surface area contributed by atoms with E-state index in [1.54, 1.807) is 0 Å². The van der Waals surface area contributed by atoms with Crippen LogP contribution in [0.5, 0.6) is 5.75 Å². The first-order chi connectivity index (χ1) is 14.1. The van der Waals surface area contributed by atoms with Crippen molar-refractivity contribution >= 4 is 11.9 Å². The average molecular weight is 428 g/mol. The van der Waals surface area contributed by atoms with Gasteiger partial charge in [-0.3, -0.25) is 0 Å². The maximum atomic E-state index is 11.1. The zero-order valence-electron chi connectivity index (χ0n) is 19.5. The third-order valence-corrected chi connectivity index (χ3v) is 7.68. The summed E-state index contributed by atoms with van der Waals surface area (Å²) in [6.07, 6.45) is 9.05. The van der Waals surface area contributed by atoms with Gasteiger partial charge in [-0.25, -0.2) is 0 Å². The number of benzene rings is 1. The Labute approximate surface area is 186 Å². The average Bonchev–Trinajstić information content (AvgIpc) is 3.41.